The second kappa shape index (κ2) is 9.22. The van der Waals surface area contributed by atoms with Crippen molar-refractivity contribution in [1.29, 1.82) is 0 Å². The highest BCUT2D eigenvalue weighted by molar-refractivity contribution is 5.80. The Morgan fingerprint density at radius 2 is 1.23 bits per heavy atom. The van der Waals surface area contributed by atoms with E-state index in [1.165, 1.54) is 14.2 Å². The minimum absolute atomic E-state index is 0.0497. The Balaban J connectivity index is 1.89. The summed E-state index contributed by atoms with van der Waals surface area (Å²) >= 11 is 0. The molecular weight excluding hydrogens is 340 g/mol. The van der Waals surface area contributed by atoms with Crippen molar-refractivity contribution in [3.05, 3.63) is 58.7 Å². The van der Waals surface area contributed by atoms with Crippen molar-refractivity contribution in [2.75, 3.05) is 14.2 Å². The average molecular weight is 358 g/mol. The maximum atomic E-state index is 11.7. The minimum atomic E-state index is -0.864. The number of rotatable bonds is 8. The van der Waals surface area contributed by atoms with Crippen LogP contribution in [0.3, 0.4) is 0 Å². The van der Waals surface area contributed by atoms with Crippen molar-refractivity contribution in [3.8, 4) is 11.5 Å². The third kappa shape index (κ3) is 4.83. The lowest BCUT2D eigenvalue weighted by molar-refractivity contribution is 0.0446. The minimum Gasteiger partial charge on any atom is -0.496 e. The molecule has 0 saturated heterocycles. The van der Waals surface area contributed by atoms with E-state index in [4.69, 9.17) is 18.9 Å². The molecule has 0 aliphatic rings. The Labute approximate surface area is 150 Å². The first-order valence-corrected chi connectivity index (χ1v) is 7.65. The van der Waals surface area contributed by atoms with Gasteiger partial charge in [0.25, 0.3) is 0 Å². The van der Waals surface area contributed by atoms with Crippen LogP contribution in [0.15, 0.2) is 36.4 Å². The summed E-state index contributed by atoms with van der Waals surface area (Å²) in [6, 6.07) is 9.73. The van der Waals surface area contributed by atoms with Crippen LogP contribution >= 0.6 is 0 Å². The van der Waals surface area contributed by atoms with Gasteiger partial charge in [0.05, 0.1) is 25.3 Å². The summed E-state index contributed by atoms with van der Waals surface area (Å²) in [5.41, 5.74) is 1.97. The lowest BCUT2D eigenvalue weighted by Crippen LogP contribution is -2.08. The molecule has 7 nitrogen and oxygen atoms in total. The normalized spacial score (nSPS) is 9.92. The van der Waals surface area contributed by atoms with E-state index in [0.29, 0.717) is 46.3 Å². The van der Waals surface area contributed by atoms with E-state index in [9.17, 15) is 14.4 Å². The van der Waals surface area contributed by atoms with Gasteiger partial charge in [-0.3, -0.25) is 9.59 Å². The summed E-state index contributed by atoms with van der Waals surface area (Å²) in [6.07, 6.45) is 0.459. The number of hydrogen-bond acceptors (Lipinski definition) is 7. The second-order valence-electron chi connectivity index (χ2n) is 5.22. The number of hydrogen-bond donors (Lipinski definition) is 0. The lowest BCUT2D eigenvalue weighted by Gasteiger charge is -2.09. The Morgan fingerprint density at radius 1 is 0.808 bits per heavy atom. The lowest BCUT2D eigenvalue weighted by atomic mass is 10.1. The van der Waals surface area contributed by atoms with Crippen LogP contribution in [-0.2, 0) is 22.7 Å². The molecule has 0 heterocycles. The summed E-state index contributed by atoms with van der Waals surface area (Å²) < 4.78 is 20.1. The molecule has 0 aliphatic heterocycles. The van der Waals surface area contributed by atoms with Crippen molar-refractivity contribution < 1.29 is 33.3 Å². The van der Waals surface area contributed by atoms with Crippen molar-refractivity contribution >= 4 is 18.7 Å². The predicted octanol–water partition coefficient (Wildman–Crippen LogP) is 3.18. The van der Waals surface area contributed by atoms with Gasteiger partial charge in [-0.2, -0.15) is 0 Å². The van der Waals surface area contributed by atoms with Crippen LogP contribution in [0, 0.1) is 0 Å². The van der Waals surface area contributed by atoms with Gasteiger partial charge in [0.2, 0.25) is 0 Å². The summed E-state index contributed by atoms with van der Waals surface area (Å²) in [5, 5.41) is 0. The molecule has 0 saturated carbocycles. The molecule has 0 bridgehead atoms. The molecule has 0 N–H and O–H groups in total. The maximum absolute atomic E-state index is 11.7. The Kier molecular flexibility index (Phi) is 6.73. The molecule has 7 heteroatoms. The maximum Gasteiger partial charge on any atom is 0.508 e. The van der Waals surface area contributed by atoms with E-state index in [1.807, 2.05) is 0 Å². The highest BCUT2D eigenvalue weighted by atomic mass is 16.7. The summed E-state index contributed by atoms with van der Waals surface area (Å²) in [6.45, 7) is -0.0995. The first-order valence-electron chi connectivity index (χ1n) is 7.65. The summed E-state index contributed by atoms with van der Waals surface area (Å²) in [4.78, 5) is 33.7. The molecule has 0 unspecified atom stereocenters. The van der Waals surface area contributed by atoms with Gasteiger partial charge in [0, 0.05) is 0 Å². The molecule has 0 radical (unpaired) electrons. The molecule has 0 spiro atoms. The Bertz CT molecular complexity index is 733. The highest BCUT2D eigenvalue weighted by Crippen LogP contribution is 2.20. The number of methoxy groups -OCH3 is 2. The molecule has 0 amide bonds. The van der Waals surface area contributed by atoms with Gasteiger partial charge in [-0.05, 0) is 35.4 Å². The van der Waals surface area contributed by atoms with Crippen molar-refractivity contribution in [1.82, 2.24) is 0 Å². The zero-order chi connectivity index (χ0) is 18.9. The molecule has 136 valence electrons. The molecule has 2 aromatic rings. The second-order valence-corrected chi connectivity index (χ2v) is 5.22. The quantitative estimate of drug-likeness (QED) is 0.529. The first-order chi connectivity index (χ1) is 12.6. The van der Waals surface area contributed by atoms with E-state index in [-0.39, 0.29) is 13.2 Å². The van der Waals surface area contributed by atoms with Crippen LogP contribution in [-0.4, -0.2) is 32.9 Å². The van der Waals surface area contributed by atoms with Crippen LogP contribution in [0.4, 0.5) is 4.79 Å². The molecule has 2 aromatic carbocycles. The van der Waals surface area contributed by atoms with E-state index in [0.717, 1.165) is 0 Å². The molecular formula is C19H18O7. The highest BCUT2D eigenvalue weighted by Gasteiger charge is 2.09. The smallest absolute Gasteiger partial charge is 0.496 e. The number of carbonyl (C=O) groups excluding carboxylic acids is 3. The van der Waals surface area contributed by atoms with E-state index < -0.39 is 6.16 Å². The van der Waals surface area contributed by atoms with Crippen LogP contribution in [0.1, 0.15) is 31.8 Å². The van der Waals surface area contributed by atoms with Crippen LogP contribution < -0.4 is 9.47 Å². The molecule has 0 aliphatic carbocycles. The van der Waals surface area contributed by atoms with Crippen molar-refractivity contribution in [3.63, 3.8) is 0 Å². The topological polar surface area (TPSA) is 88.1 Å². The van der Waals surface area contributed by atoms with Crippen LogP contribution in [0.5, 0.6) is 11.5 Å². The van der Waals surface area contributed by atoms with E-state index >= 15 is 0 Å². The fourth-order valence-electron chi connectivity index (χ4n) is 2.26. The molecule has 26 heavy (non-hydrogen) atoms. The number of benzene rings is 2. The standard InChI is InChI=1S/C19H18O7/c1-23-17-5-3-13(7-15(17)9-20)11-25-19(22)26-12-14-4-6-18(24-2)16(8-14)10-21/h3-10H,11-12H2,1-2H3. The van der Waals surface area contributed by atoms with Gasteiger partial charge in [0.15, 0.2) is 12.6 Å². The van der Waals surface area contributed by atoms with E-state index in [2.05, 4.69) is 0 Å². The van der Waals surface area contributed by atoms with Crippen LogP contribution in [0.2, 0.25) is 0 Å². The van der Waals surface area contributed by atoms with Crippen molar-refractivity contribution in [2.24, 2.45) is 0 Å². The van der Waals surface area contributed by atoms with Crippen molar-refractivity contribution in [2.45, 2.75) is 13.2 Å². The SMILES string of the molecule is COc1ccc(COC(=O)OCc2ccc(OC)c(C=O)c2)cc1C=O. The predicted molar refractivity (Wildman–Crippen MR) is 91.7 cm³/mol. The van der Waals surface area contributed by atoms with Gasteiger partial charge in [-0.1, -0.05) is 12.1 Å². The molecule has 0 fully saturated rings. The largest absolute Gasteiger partial charge is 0.508 e. The fraction of sp³-hybridized carbons (Fsp3) is 0.211. The Morgan fingerprint density at radius 3 is 1.58 bits per heavy atom. The number of carbonyl (C=O) groups is 3. The van der Waals surface area contributed by atoms with Gasteiger partial charge in [0.1, 0.15) is 24.7 Å². The van der Waals surface area contributed by atoms with Gasteiger partial charge < -0.3 is 18.9 Å². The number of ether oxygens (including phenoxy) is 4. The molecule has 2 rings (SSSR count). The monoisotopic (exact) mass is 358 g/mol. The van der Waals surface area contributed by atoms with E-state index in [1.54, 1.807) is 36.4 Å². The molecule has 0 atom stereocenters. The zero-order valence-corrected chi connectivity index (χ0v) is 14.4. The fourth-order valence-corrected chi connectivity index (χ4v) is 2.26. The van der Waals surface area contributed by atoms with Crippen LogP contribution in [0.25, 0.3) is 0 Å². The molecule has 0 aromatic heterocycles. The first kappa shape index (κ1) is 19.0. The number of aldehydes is 2. The third-order valence-electron chi connectivity index (χ3n) is 3.56. The van der Waals surface area contributed by atoms with Gasteiger partial charge >= 0.3 is 6.16 Å². The summed E-state index contributed by atoms with van der Waals surface area (Å²) in [5.74, 6) is 0.883. The van der Waals surface area contributed by atoms with Gasteiger partial charge in [-0.25, -0.2) is 4.79 Å². The Hall–Kier alpha value is -3.35. The average Bonchev–Trinajstić information content (AvgIpc) is 2.69. The third-order valence-corrected chi connectivity index (χ3v) is 3.56. The zero-order valence-electron chi connectivity index (χ0n) is 14.4. The van der Waals surface area contributed by atoms with Gasteiger partial charge in [-0.15, -0.1) is 0 Å². The summed E-state index contributed by atoms with van der Waals surface area (Å²) in [7, 11) is 2.93.